The molecule has 0 heterocycles. The van der Waals surface area contributed by atoms with Crippen LogP contribution in [0.15, 0.2) is 33.4 Å². The monoisotopic (exact) mass is 204 g/mol. The molecule has 0 spiro atoms. The first-order valence-corrected chi connectivity index (χ1v) is 5.63. The summed E-state index contributed by atoms with van der Waals surface area (Å²) < 4.78 is 0. The lowest BCUT2D eigenvalue weighted by Gasteiger charge is -2.26. The predicted octanol–water partition coefficient (Wildman–Crippen LogP) is 3.37. The summed E-state index contributed by atoms with van der Waals surface area (Å²) in [5, 5.41) is 10.4. The highest BCUT2D eigenvalue weighted by Crippen LogP contribution is 2.52. The lowest BCUT2D eigenvalue weighted by Crippen LogP contribution is -2.30. The fraction of sp³-hybridized carbons (Fsp3) is 0.571. The number of allylic oxidation sites excluding steroid dienone is 4. The van der Waals surface area contributed by atoms with Crippen LogP contribution in [0.25, 0.3) is 0 Å². The Kier molecular flexibility index (Phi) is 2.03. The van der Waals surface area contributed by atoms with Crippen LogP contribution in [-0.4, -0.2) is 10.7 Å². The van der Waals surface area contributed by atoms with E-state index in [0.29, 0.717) is 0 Å². The van der Waals surface area contributed by atoms with Crippen LogP contribution in [0.5, 0.6) is 0 Å². The van der Waals surface area contributed by atoms with E-state index in [1.54, 1.807) is 0 Å². The maximum atomic E-state index is 10.4. The molecule has 1 N–H and O–H groups in total. The first-order chi connectivity index (χ1) is 6.80. The van der Waals surface area contributed by atoms with E-state index in [9.17, 15) is 5.11 Å². The molecule has 0 radical (unpaired) electrons. The Morgan fingerprint density at radius 1 is 1.00 bits per heavy atom. The molecule has 1 heteroatoms. The maximum absolute atomic E-state index is 10.4. The molecule has 0 bridgehead atoms. The molecule has 0 aromatic carbocycles. The van der Waals surface area contributed by atoms with Crippen LogP contribution < -0.4 is 0 Å². The summed E-state index contributed by atoms with van der Waals surface area (Å²) in [7, 11) is 0. The summed E-state index contributed by atoms with van der Waals surface area (Å²) in [6.45, 7) is 12.6. The van der Waals surface area contributed by atoms with Gasteiger partial charge in [-0.15, -0.1) is 0 Å². The number of aliphatic hydroxyl groups is 1. The Morgan fingerprint density at radius 2 is 1.53 bits per heavy atom. The molecule has 0 saturated heterocycles. The van der Waals surface area contributed by atoms with E-state index in [1.807, 2.05) is 6.92 Å². The van der Waals surface area contributed by atoms with Crippen molar-refractivity contribution < 1.29 is 5.11 Å². The summed E-state index contributed by atoms with van der Waals surface area (Å²) in [5.74, 6) is 0.222. The van der Waals surface area contributed by atoms with E-state index < -0.39 is 5.60 Å². The minimum Gasteiger partial charge on any atom is -0.385 e. The Labute approximate surface area is 92.2 Å². The van der Waals surface area contributed by atoms with Gasteiger partial charge in [0.15, 0.2) is 0 Å². The largest absolute Gasteiger partial charge is 0.385 e. The van der Waals surface area contributed by atoms with Crippen LogP contribution in [0.3, 0.4) is 0 Å². The second kappa shape index (κ2) is 2.85. The van der Waals surface area contributed by atoms with Crippen LogP contribution in [0.1, 0.15) is 41.5 Å². The molecule has 0 aromatic heterocycles. The third-order valence-corrected chi connectivity index (χ3v) is 4.58. The molecule has 82 valence electrons. The van der Waals surface area contributed by atoms with E-state index in [-0.39, 0.29) is 5.92 Å². The quantitative estimate of drug-likeness (QED) is 0.641. The highest BCUT2D eigenvalue weighted by molar-refractivity contribution is 5.69. The highest BCUT2D eigenvalue weighted by atomic mass is 16.3. The van der Waals surface area contributed by atoms with E-state index >= 15 is 0 Å². The molecule has 2 unspecified atom stereocenters. The van der Waals surface area contributed by atoms with Gasteiger partial charge in [0.05, 0.1) is 5.60 Å². The Morgan fingerprint density at radius 3 is 2.00 bits per heavy atom. The number of hydrogen-bond acceptors (Lipinski definition) is 1. The van der Waals surface area contributed by atoms with Crippen LogP contribution in [0.2, 0.25) is 0 Å². The summed E-state index contributed by atoms with van der Waals surface area (Å²) >= 11 is 0. The number of fused-ring (bicyclic) bond motifs is 1. The van der Waals surface area contributed by atoms with E-state index in [0.717, 1.165) is 5.57 Å². The zero-order chi connectivity index (χ0) is 11.5. The summed E-state index contributed by atoms with van der Waals surface area (Å²) in [6.07, 6.45) is 0. The van der Waals surface area contributed by atoms with E-state index in [1.165, 1.54) is 27.9 Å². The fourth-order valence-electron chi connectivity index (χ4n) is 2.94. The zero-order valence-corrected chi connectivity index (χ0v) is 10.5. The topological polar surface area (TPSA) is 20.2 Å². The molecule has 0 fully saturated rings. The van der Waals surface area contributed by atoms with Gasteiger partial charge in [-0.05, 0) is 68.1 Å². The van der Waals surface area contributed by atoms with Gasteiger partial charge in [-0.2, -0.15) is 0 Å². The lowest BCUT2D eigenvalue weighted by atomic mass is 9.86. The third kappa shape index (κ3) is 1.07. The van der Waals surface area contributed by atoms with Gasteiger partial charge in [-0.3, -0.25) is 0 Å². The first kappa shape index (κ1) is 10.7. The smallest absolute Gasteiger partial charge is 0.0900 e. The SMILES string of the molecule is CC1=C(C)C2=C(C)C(C)(O)C(C)C2=C1C. The van der Waals surface area contributed by atoms with Gasteiger partial charge in [-0.25, -0.2) is 0 Å². The molecular formula is C14H20O. The lowest BCUT2D eigenvalue weighted by molar-refractivity contribution is 0.0667. The predicted molar refractivity (Wildman–Crippen MR) is 63.6 cm³/mol. The summed E-state index contributed by atoms with van der Waals surface area (Å²) in [6, 6.07) is 0. The average molecular weight is 204 g/mol. The molecule has 0 aliphatic heterocycles. The van der Waals surface area contributed by atoms with Gasteiger partial charge in [0.2, 0.25) is 0 Å². The van der Waals surface area contributed by atoms with Gasteiger partial charge >= 0.3 is 0 Å². The van der Waals surface area contributed by atoms with Crippen LogP contribution in [0.4, 0.5) is 0 Å². The van der Waals surface area contributed by atoms with Crippen molar-refractivity contribution in [2.24, 2.45) is 5.92 Å². The maximum Gasteiger partial charge on any atom is 0.0900 e. The van der Waals surface area contributed by atoms with Crippen molar-refractivity contribution in [3.05, 3.63) is 33.4 Å². The zero-order valence-electron chi connectivity index (χ0n) is 10.5. The Hall–Kier alpha value is -0.820. The highest BCUT2D eigenvalue weighted by Gasteiger charge is 2.45. The van der Waals surface area contributed by atoms with Crippen LogP contribution in [-0.2, 0) is 0 Å². The van der Waals surface area contributed by atoms with Gasteiger partial charge in [0.25, 0.3) is 0 Å². The molecule has 0 amide bonds. The second-order valence-corrected chi connectivity index (χ2v) is 5.16. The summed E-state index contributed by atoms with van der Waals surface area (Å²) in [5.41, 5.74) is 7.28. The molecule has 0 aromatic rings. The van der Waals surface area contributed by atoms with Gasteiger partial charge in [0.1, 0.15) is 0 Å². The molecule has 0 saturated carbocycles. The van der Waals surface area contributed by atoms with Crippen molar-refractivity contribution in [2.45, 2.75) is 47.1 Å². The number of rotatable bonds is 0. The van der Waals surface area contributed by atoms with E-state index in [4.69, 9.17) is 0 Å². The standard InChI is InChI=1S/C14H20O/c1-7-8(2)12-10(4)14(6,15)11(5)13(12)9(7)3/h10,15H,1-6H3. The van der Waals surface area contributed by atoms with E-state index in [2.05, 4.69) is 34.6 Å². The minimum absolute atomic E-state index is 0.222. The Bertz CT molecular complexity index is 430. The molecule has 2 aliphatic carbocycles. The minimum atomic E-state index is -0.659. The normalized spacial score (nSPS) is 35.8. The van der Waals surface area contributed by atoms with Gasteiger partial charge < -0.3 is 5.11 Å². The van der Waals surface area contributed by atoms with Crippen molar-refractivity contribution >= 4 is 0 Å². The Balaban J connectivity index is 2.73. The molecule has 1 nitrogen and oxygen atoms in total. The number of hydrogen-bond donors (Lipinski definition) is 1. The molecule has 2 rings (SSSR count). The van der Waals surface area contributed by atoms with Crippen molar-refractivity contribution in [2.75, 3.05) is 0 Å². The van der Waals surface area contributed by atoms with Crippen molar-refractivity contribution in [1.29, 1.82) is 0 Å². The van der Waals surface area contributed by atoms with Crippen molar-refractivity contribution in [1.82, 2.24) is 0 Å². The summed E-state index contributed by atoms with van der Waals surface area (Å²) in [4.78, 5) is 0. The van der Waals surface area contributed by atoms with Crippen molar-refractivity contribution in [3.8, 4) is 0 Å². The van der Waals surface area contributed by atoms with Crippen molar-refractivity contribution in [3.63, 3.8) is 0 Å². The van der Waals surface area contributed by atoms with Crippen LogP contribution >= 0.6 is 0 Å². The second-order valence-electron chi connectivity index (χ2n) is 5.16. The molecule has 2 atom stereocenters. The van der Waals surface area contributed by atoms with Gasteiger partial charge in [-0.1, -0.05) is 6.92 Å². The molecule has 2 aliphatic rings. The van der Waals surface area contributed by atoms with Gasteiger partial charge in [0, 0.05) is 5.92 Å². The average Bonchev–Trinajstić information content (AvgIpc) is 2.49. The third-order valence-electron chi connectivity index (χ3n) is 4.58. The molecule has 15 heavy (non-hydrogen) atoms. The first-order valence-electron chi connectivity index (χ1n) is 5.63. The molecular weight excluding hydrogens is 184 g/mol. The van der Waals surface area contributed by atoms with Crippen LogP contribution in [0, 0.1) is 5.92 Å². The fourth-order valence-corrected chi connectivity index (χ4v) is 2.94.